The first-order valence-corrected chi connectivity index (χ1v) is 28.7. The van der Waals surface area contributed by atoms with Gasteiger partial charge in [-0.2, -0.15) is 0 Å². The largest absolute Gasteiger partial charge is 0.462 e. The Labute approximate surface area is 404 Å². The monoisotopic (exact) mass is 914 g/mol. The first kappa shape index (κ1) is 63.1. The van der Waals surface area contributed by atoms with E-state index in [1.165, 1.54) is 173 Å². The van der Waals surface area contributed by atoms with Crippen molar-refractivity contribution >= 4 is 11.9 Å². The maximum Gasteiger partial charge on any atom is 0.306 e. The SMILES string of the molecule is CC/C=C/C/C=C/C/C=C/CCCCCCC(CC(=O)NC(CO)C(O)CCCCCCCCCCCCCCCCC)OC(=O)CCCCCCCCCCCCCCCCCCC. The standard InChI is InChI=1S/C59H111NO5/c1-4-7-10-13-16-19-22-25-28-29-31-34-37-40-43-46-49-52-59(64)65-55(50-47-44-41-38-35-32-27-24-21-18-15-12-9-6-3)53-58(63)60-56(54-61)57(62)51-48-45-42-39-36-33-30-26-23-20-17-14-11-8-5-2/h9,12,18,21,27,32,55-57,61-62H,4-8,10-11,13-17,19-20,22-26,28-31,33-54H2,1-3H3,(H,60,63)/b12-9+,21-18+,32-27+. The van der Waals surface area contributed by atoms with Crippen molar-refractivity contribution in [3.05, 3.63) is 36.5 Å². The van der Waals surface area contributed by atoms with E-state index in [1.54, 1.807) is 0 Å². The number of esters is 1. The lowest BCUT2D eigenvalue weighted by Gasteiger charge is -2.24. The van der Waals surface area contributed by atoms with Crippen molar-refractivity contribution in [2.24, 2.45) is 0 Å². The Morgan fingerprint density at radius 2 is 0.831 bits per heavy atom. The van der Waals surface area contributed by atoms with Gasteiger partial charge in [0.2, 0.25) is 5.91 Å². The molecular formula is C59H111NO5. The molecule has 0 aliphatic carbocycles. The molecule has 0 saturated heterocycles. The van der Waals surface area contributed by atoms with Crippen LogP contribution in [-0.4, -0.2) is 46.9 Å². The summed E-state index contributed by atoms with van der Waals surface area (Å²) in [5.41, 5.74) is 0. The Morgan fingerprint density at radius 3 is 1.26 bits per heavy atom. The van der Waals surface area contributed by atoms with Gasteiger partial charge < -0.3 is 20.3 Å². The van der Waals surface area contributed by atoms with Crippen molar-refractivity contribution < 1.29 is 24.5 Å². The summed E-state index contributed by atoms with van der Waals surface area (Å²) in [5, 5.41) is 23.9. The number of aliphatic hydroxyl groups is 2. The zero-order valence-corrected chi connectivity index (χ0v) is 43.6. The van der Waals surface area contributed by atoms with E-state index >= 15 is 0 Å². The molecule has 0 aliphatic heterocycles. The predicted octanol–water partition coefficient (Wildman–Crippen LogP) is 17.6. The van der Waals surface area contributed by atoms with E-state index in [-0.39, 0.29) is 24.9 Å². The smallest absolute Gasteiger partial charge is 0.306 e. The zero-order chi connectivity index (χ0) is 47.4. The number of aliphatic hydroxyl groups excluding tert-OH is 2. The molecule has 0 spiro atoms. The Balaban J connectivity index is 4.53. The number of amides is 1. The van der Waals surface area contributed by atoms with Gasteiger partial charge in [-0.3, -0.25) is 9.59 Å². The van der Waals surface area contributed by atoms with Crippen molar-refractivity contribution in [1.29, 1.82) is 0 Å². The molecule has 3 unspecified atom stereocenters. The van der Waals surface area contributed by atoms with Gasteiger partial charge in [0.15, 0.2) is 0 Å². The van der Waals surface area contributed by atoms with Crippen molar-refractivity contribution in [3.8, 4) is 0 Å². The van der Waals surface area contributed by atoms with Crippen LogP contribution in [0, 0.1) is 0 Å². The third-order valence-corrected chi connectivity index (χ3v) is 13.2. The number of carbonyl (C=O) groups is 2. The lowest BCUT2D eigenvalue weighted by molar-refractivity contribution is -0.151. The molecule has 0 heterocycles. The van der Waals surface area contributed by atoms with E-state index in [4.69, 9.17) is 4.74 Å². The van der Waals surface area contributed by atoms with E-state index in [0.717, 1.165) is 83.5 Å². The van der Waals surface area contributed by atoms with E-state index < -0.39 is 18.2 Å². The molecule has 1 amide bonds. The molecule has 6 heteroatoms. The molecule has 0 bridgehead atoms. The molecule has 0 aromatic heterocycles. The van der Waals surface area contributed by atoms with E-state index in [9.17, 15) is 19.8 Å². The summed E-state index contributed by atoms with van der Waals surface area (Å²) < 4.78 is 5.95. The quantitative estimate of drug-likeness (QED) is 0.0321. The molecule has 0 aromatic rings. The average molecular weight is 915 g/mol. The summed E-state index contributed by atoms with van der Waals surface area (Å²) in [6.07, 6.45) is 63.5. The van der Waals surface area contributed by atoms with E-state index in [1.807, 2.05) is 0 Å². The summed E-state index contributed by atoms with van der Waals surface area (Å²) in [7, 11) is 0. The average Bonchev–Trinajstić information content (AvgIpc) is 3.30. The van der Waals surface area contributed by atoms with Crippen LogP contribution in [-0.2, 0) is 14.3 Å². The fourth-order valence-corrected chi connectivity index (χ4v) is 8.92. The van der Waals surface area contributed by atoms with Crippen LogP contribution in [0.1, 0.15) is 303 Å². The highest BCUT2D eigenvalue weighted by atomic mass is 16.5. The van der Waals surface area contributed by atoms with Crippen LogP contribution in [0.25, 0.3) is 0 Å². The summed E-state index contributed by atoms with van der Waals surface area (Å²) in [5.74, 6) is -0.480. The van der Waals surface area contributed by atoms with Gasteiger partial charge >= 0.3 is 5.97 Å². The zero-order valence-electron chi connectivity index (χ0n) is 43.6. The lowest BCUT2D eigenvalue weighted by Crippen LogP contribution is -2.46. The Bertz CT molecular complexity index is 1070. The second-order valence-electron chi connectivity index (χ2n) is 19.7. The van der Waals surface area contributed by atoms with Gasteiger partial charge in [-0.1, -0.05) is 269 Å². The van der Waals surface area contributed by atoms with Crippen LogP contribution in [0.5, 0.6) is 0 Å². The fourth-order valence-electron chi connectivity index (χ4n) is 8.92. The number of hydrogen-bond donors (Lipinski definition) is 3. The van der Waals surface area contributed by atoms with Crippen molar-refractivity contribution in [3.63, 3.8) is 0 Å². The number of allylic oxidation sites excluding steroid dienone is 6. The normalized spacial score (nSPS) is 13.4. The molecule has 0 saturated carbocycles. The van der Waals surface area contributed by atoms with E-state index in [0.29, 0.717) is 19.3 Å². The molecule has 382 valence electrons. The van der Waals surface area contributed by atoms with Crippen LogP contribution in [0.3, 0.4) is 0 Å². The van der Waals surface area contributed by atoms with Gasteiger partial charge in [0.1, 0.15) is 6.10 Å². The molecule has 0 radical (unpaired) electrons. The minimum atomic E-state index is -0.792. The van der Waals surface area contributed by atoms with Crippen molar-refractivity contribution in [1.82, 2.24) is 5.32 Å². The molecular weight excluding hydrogens is 803 g/mol. The van der Waals surface area contributed by atoms with Gasteiger partial charge in [-0.05, 0) is 57.8 Å². The summed E-state index contributed by atoms with van der Waals surface area (Å²) >= 11 is 0. The number of rotatable bonds is 52. The molecule has 65 heavy (non-hydrogen) atoms. The highest BCUT2D eigenvalue weighted by Crippen LogP contribution is 2.19. The molecule has 0 rings (SSSR count). The Hall–Kier alpha value is -1.92. The number of hydrogen-bond acceptors (Lipinski definition) is 5. The minimum Gasteiger partial charge on any atom is -0.462 e. The van der Waals surface area contributed by atoms with Crippen molar-refractivity contribution in [2.75, 3.05) is 6.61 Å². The predicted molar refractivity (Wildman–Crippen MR) is 282 cm³/mol. The Kier molecular flexibility index (Phi) is 51.5. The number of ether oxygens (including phenoxy) is 1. The second kappa shape index (κ2) is 53.0. The third kappa shape index (κ3) is 48.3. The van der Waals surface area contributed by atoms with Gasteiger partial charge in [0.05, 0.1) is 25.2 Å². The van der Waals surface area contributed by atoms with Gasteiger partial charge in [-0.25, -0.2) is 0 Å². The van der Waals surface area contributed by atoms with Gasteiger partial charge in [0.25, 0.3) is 0 Å². The van der Waals surface area contributed by atoms with Gasteiger partial charge in [0, 0.05) is 6.42 Å². The maximum atomic E-state index is 13.3. The minimum absolute atomic E-state index is 0.0669. The van der Waals surface area contributed by atoms with Gasteiger partial charge in [-0.15, -0.1) is 0 Å². The Morgan fingerprint density at radius 1 is 0.462 bits per heavy atom. The third-order valence-electron chi connectivity index (χ3n) is 13.2. The molecule has 0 fully saturated rings. The maximum absolute atomic E-state index is 13.3. The topological polar surface area (TPSA) is 95.9 Å². The molecule has 3 N–H and O–H groups in total. The number of unbranched alkanes of at least 4 members (excludes halogenated alkanes) is 34. The lowest BCUT2D eigenvalue weighted by atomic mass is 10.0. The van der Waals surface area contributed by atoms with Crippen molar-refractivity contribution in [2.45, 2.75) is 322 Å². The summed E-state index contributed by atoms with van der Waals surface area (Å²) in [6.45, 7) is 6.40. The second-order valence-corrected chi connectivity index (χ2v) is 19.7. The first-order chi connectivity index (χ1) is 32.0. The molecule has 0 aromatic carbocycles. The van der Waals surface area contributed by atoms with E-state index in [2.05, 4.69) is 62.5 Å². The highest BCUT2D eigenvalue weighted by molar-refractivity contribution is 5.77. The first-order valence-electron chi connectivity index (χ1n) is 28.7. The fraction of sp³-hybridized carbons (Fsp3) is 0.864. The molecule has 0 aliphatic rings. The van der Waals surface area contributed by atoms with Crippen LogP contribution in [0.2, 0.25) is 0 Å². The van der Waals surface area contributed by atoms with Crippen LogP contribution in [0.15, 0.2) is 36.5 Å². The molecule has 3 atom stereocenters. The number of nitrogens with one attached hydrogen (secondary N) is 1. The number of carbonyl (C=O) groups excluding carboxylic acids is 2. The van der Waals surface area contributed by atoms with Crippen LogP contribution in [0.4, 0.5) is 0 Å². The highest BCUT2D eigenvalue weighted by Gasteiger charge is 2.24. The summed E-state index contributed by atoms with van der Waals surface area (Å²) in [6, 6.07) is -0.707. The summed E-state index contributed by atoms with van der Waals surface area (Å²) in [4.78, 5) is 26.3. The van der Waals surface area contributed by atoms with Crippen LogP contribution < -0.4 is 5.32 Å². The van der Waals surface area contributed by atoms with Crippen LogP contribution >= 0.6 is 0 Å². The molecule has 6 nitrogen and oxygen atoms in total.